The van der Waals surface area contributed by atoms with Gasteiger partial charge < -0.3 is 9.67 Å². The first-order valence-electron chi connectivity index (χ1n) is 11.0. The maximum absolute atomic E-state index is 11.4. The molecule has 0 spiro atoms. The van der Waals surface area contributed by atoms with Gasteiger partial charge in [0.15, 0.2) is 0 Å². The monoisotopic (exact) mass is 387 g/mol. The van der Waals surface area contributed by atoms with Crippen molar-refractivity contribution in [1.82, 2.24) is 14.5 Å². The van der Waals surface area contributed by atoms with E-state index in [1.165, 1.54) is 47.8 Å². The summed E-state index contributed by atoms with van der Waals surface area (Å²) in [7, 11) is 0. The molecule has 1 saturated carbocycles. The smallest absolute Gasteiger partial charge is 0.105 e. The standard InChI is InChI=1S/C25H29N3O/c1-16-3-7-21-20(13-16)24-22-8-6-19(28(22)18-4-5-18)14-23(24)27(21)15-25(2,29)17-9-11-26-12-10-17/h3,7,9-13,18-19,22,29H,4-6,8,14-15H2,1-2H3. The molecule has 2 aromatic heterocycles. The highest BCUT2D eigenvalue weighted by molar-refractivity contribution is 5.87. The summed E-state index contributed by atoms with van der Waals surface area (Å²) in [6.07, 6.45) is 9.98. The van der Waals surface area contributed by atoms with Crippen LogP contribution in [0.4, 0.5) is 0 Å². The van der Waals surface area contributed by atoms with Crippen LogP contribution >= 0.6 is 0 Å². The fourth-order valence-corrected chi connectivity index (χ4v) is 5.98. The molecule has 0 radical (unpaired) electrons. The highest BCUT2D eigenvalue weighted by Crippen LogP contribution is 2.52. The van der Waals surface area contributed by atoms with Gasteiger partial charge >= 0.3 is 0 Å². The zero-order valence-electron chi connectivity index (χ0n) is 17.3. The molecule has 150 valence electrons. The van der Waals surface area contributed by atoms with Crippen molar-refractivity contribution in [2.75, 3.05) is 0 Å². The molecule has 2 aliphatic heterocycles. The molecule has 1 aliphatic carbocycles. The molecule has 6 rings (SSSR count). The number of benzene rings is 1. The number of rotatable bonds is 4. The molecular formula is C25H29N3O. The Balaban J connectivity index is 1.51. The van der Waals surface area contributed by atoms with Crippen molar-refractivity contribution < 1.29 is 5.11 Å². The molecule has 0 amide bonds. The van der Waals surface area contributed by atoms with Crippen molar-refractivity contribution in [2.24, 2.45) is 0 Å². The van der Waals surface area contributed by atoms with Crippen LogP contribution < -0.4 is 0 Å². The highest BCUT2D eigenvalue weighted by Gasteiger charge is 2.48. The molecule has 1 N–H and O–H groups in total. The zero-order chi connectivity index (χ0) is 19.8. The third kappa shape index (κ3) is 2.69. The predicted octanol–water partition coefficient (Wildman–Crippen LogP) is 4.48. The Bertz CT molecular complexity index is 1080. The molecule has 1 saturated heterocycles. The van der Waals surface area contributed by atoms with Gasteiger partial charge in [-0.15, -0.1) is 0 Å². The van der Waals surface area contributed by atoms with Crippen LogP contribution in [0.5, 0.6) is 0 Å². The maximum Gasteiger partial charge on any atom is 0.105 e. The van der Waals surface area contributed by atoms with E-state index in [1.807, 2.05) is 19.1 Å². The first kappa shape index (κ1) is 17.7. The van der Waals surface area contributed by atoms with Crippen LogP contribution in [0.1, 0.15) is 61.0 Å². The van der Waals surface area contributed by atoms with Crippen LogP contribution in [-0.2, 0) is 18.6 Å². The number of aromatic nitrogens is 2. The second kappa shape index (κ2) is 6.16. The van der Waals surface area contributed by atoms with Crippen LogP contribution in [0.3, 0.4) is 0 Å². The zero-order valence-corrected chi connectivity index (χ0v) is 17.3. The summed E-state index contributed by atoms with van der Waals surface area (Å²) >= 11 is 0. The van der Waals surface area contributed by atoms with Crippen molar-refractivity contribution in [1.29, 1.82) is 0 Å². The number of aliphatic hydroxyl groups is 1. The van der Waals surface area contributed by atoms with Crippen molar-refractivity contribution in [3.05, 3.63) is 65.1 Å². The van der Waals surface area contributed by atoms with E-state index in [4.69, 9.17) is 0 Å². The Labute approximate surface area is 172 Å². The Hall–Kier alpha value is -2.17. The Morgan fingerprint density at radius 2 is 1.83 bits per heavy atom. The average molecular weight is 388 g/mol. The van der Waals surface area contributed by atoms with Crippen LogP contribution in [0.25, 0.3) is 10.9 Å². The van der Waals surface area contributed by atoms with E-state index in [-0.39, 0.29) is 0 Å². The topological polar surface area (TPSA) is 41.3 Å². The largest absolute Gasteiger partial charge is 0.384 e. The first-order chi connectivity index (χ1) is 14.0. The van der Waals surface area contributed by atoms with Gasteiger partial charge in [-0.2, -0.15) is 0 Å². The van der Waals surface area contributed by atoms with Crippen molar-refractivity contribution in [2.45, 2.75) is 76.2 Å². The summed E-state index contributed by atoms with van der Waals surface area (Å²) in [5.41, 5.74) is 5.60. The van der Waals surface area contributed by atoms with E-state index >= 15 is 0 Å². The van der Waals surface area contributed by atoms with Gasteiger partial charge in [0.2, 0.25) is 0 Å². The van der Waals surface area contributed by atoms with Crippen LogP contribution in [0.2, 0.25) is 0 Å². The third-order valence-electron chi connectivity index (χ3n) is 7.42. The van der Waals surface area contributed by atoms with E-state index < -0.39 is 5.60 Å². The molecular weight excluding hydrogens is 358 g/mol. The molecule has 3 aromatic rings. The van der Waals surface area contributed by atoms with Gasteiger partial charge in [0, 0.05) is 53.5 Å². The molecule has 1 aromatic carbocycles. The minimum absolute atomic E-state index is 0.563. The molecule has 29 heavy (non-hydrogen) atoms. The molecule has 2 fully saturated rings. The normalized spacial score (nSPS) is 25.9. The lowest BCUT2D eigenvalue weighted by molar-refractivity contribution is 0.0378. The Morgan fingerprint density at radius 1 is 1.07 bits per heavy atom. The van der Waals surface area contributed by atoms with Crippen LogP contribution in [-0.4, -0.2) is 31.6 Å². The van der Waals surface area contributed by atoms with Crippen molar-refractivity contribution in [3.63, 3.8) is 0 Å². The molecule has 4 heterocycles. The highest BCUT2D eigenvalue weighted by atomic mass is 16.3. The average Bonchev–Trinajstić information content (AvgIpc) is 3.46. The lowest BCUT2D eigenvalue weighted by Gasteiger charge is -2.36. The maximum atomic E-state index is 11.4. The van der Waals surface area contributed by atoms with E-state index in [0.29, 0.717) is 18.6 Å². The third-order valence-corrected chi connectivity index (χ3v) is 7.42. The van der Waals surface area contributed by atoms with Gasteiger partial charge in [-0.05, 0) is 74.9 Å². The molecule has 4 heteroatoms. The minimum atomic E-state index is -0.930. The van der Waals surface area contributed by atoms with Crippen LogP contribution in [0.15, 0.2) is 42.7 Å². The molecule has 2 bridgehead atoms. The molecule has 3 aliphatic rings. The quantitative estimate of drug-likeness (QED) is 0.718. The van der Waals surface area contributed by atoms with E-state index in [1.54, 1.807) is 18.0 Å². The number of aryl methyl sites for hydroxylation is 1. The second-order valence-electron chi connectivity index (χ2n) is 9.61. The Kier molecular flexibility index (Phi) is 3.76. The van der Waals surface area contributed by atoms with E-state index in [2.05, 4.69) is 39.6 Å². The van der Waals surface area contributed by atoms with Gasteiger partial charge in [-0.3, -0.25) is 9.88 Å². The number of hydrogen-bond donors (Lipinski definition) is 1. The number of pyridine rings is 1. The first-order valence-corrected chi connectivity index (χ1v) is 11.0. The fraction of sp³-hybridized carbons (Fsp3) is 0.480. The lowest BCUT2D eigenvalue weighted by Crippen LogP contribution is -2.40. The minimum Gasteiger partial charge on any atom is -0.384 e. The van der Waals surface area contributed by atoms with Gasteiger partial charge in [0.25, 0.3) is 0 Å². The van der Waals surface area contributed by atoms with E-state index in [0.717, 1.165) is 18.0 Å². The number of fused-ring (bicyclic) bond motifs is 6. The SMILES string of the molecule is Cc1ccc2c(c1)c1c(n2CC(C)(O)c2ccncc2)CC2CCC1N2C1CC1. The van der Waals surface area contributed by atoms with Gasteiger partial charge in [-0.25, -0.2) is 0 Å². The Morgan fingerprint density at radius 3 is 2.59 bits per heavy atom. The summed E-state index contributed by atoms with van der Waals surface area (Å²) in [5.74, 6) is 0. The predicted molar refractivity (Wildman–Crippen MR) is 115 cm³/mol. The lowest BCUT2D eigenvalue weighted by atomic mass is 9.95. The molecule has 3 unspecified atom stereocenters. The summed E-state index contributed by atoms with van der Waals surface area (Å²) in [5, 5.41) is 12.8. The second-order valence-corrected chi connectivity index (χ2v) is 9.61. The number of nitrogens with zero attached hydrogens (tertiary/aromatic N) is 3. The summed E-state index contributed by atoms with van der Waals surface area (Å²) in [6.45, 7) is 4.70. The number of hydrogen-bond acceptors (Lipinski definition) is 3. The molecule has 3 atom stereocenters. The van der Waals surface area contributed by atoms with Gasteiger partial charge in [0.1, 0.15) is 5.60 Å². The van der Waals surface area contributed by atoms with Crippen molar-refractivity contribution >= 4 is 10.9 Å². The summed E-state index contributed by atoms with van der Waals surface area (Å²) in [6, 6.07) is 12.8. The fourth-order valence-electron chi connectivity index (χ4n) is 5.98. The van der Waals surface area contributed by atoms with Crippen LogP contribution in [0, 0.1) is 6.92 Å². The molecule has 4 nitrogen and oxygen atoms in total. The van der Waals surface area contributed by atoms with Gasteiger partial charge in [0.05, 0.1) is 6.54 Å². The van der Waals surface area contributed by atoms with Crippen molar-refractivity contribution in [3.8, 4) is 0 Å². The summed E-state index contributed by atoms with van der Waals surface area (Å²) < 4.78 is 2.43. The van der Waals surface area contributed by atoms with E-state index in [9.17, 15) is 5.11 Å². The summed E-state index contributed by atoms with van der Waals surface area (Å²) in [4.78, 5) is 6.96. The van der Waals surface area contributed by atoms with Gasteiger partial charge in [-0.1, -0.05) is 11.6 Å².